The van der Waals surface area contributed by atoms with Gasteiger partial charge in [-0.2, -0.15) is 0 Å². The maximum Gasteiger partial charge on any atom is 0.262 e. The summed E-state index contributed by atoms with van der Waals surface area (Å²) < 4.78 is 11.4. The van der Waals surface area contributed by atoms with Gasteiger partial charge in [0.2, 0.25) is 0 Å². The minimum Gasteiger partial charge on any atom is -0.490 e. The summed E-state index contributed by atoms with van der Waals surface area (Å²) >= 11 is 7.92. The highest BCUT2D eigenvalue weighted by Gasteiger charge is 2.13. The SMILES string of the molecule is CCOc1cc(CNc2nccs2)c(Cl)cc1OCC(=O)Nc1ccc(C)cc1. The second-order valence-electron chi connectivity index (χ2n) is 6.22. The normalized spacial score (nSPS) is 10.4. The van der Waals surface area contributed by atoms with E-state index in [1.165, 1.54) is 11.3 Å². The Labute approximate surface area is 178 Å². The zero-order chi connectivity index (χ0) is 20.6. The van der Waals surface area contributed by atoms with Crippen LogP contribution in [0.2, 0.25) is 5.02 Å². The van der Waals surface area contributed by atoms with Gasteiger partial charge in [0.05, 0.1) is 6.61 Å². The molecule has 0 spiro atoms. The monoisotopic (exact) mass is 431 g/mol. The number of ether oxygens (including phenoxy) is 2. The Morgan fingerprint density at radius 2 is 1.93 bits per heavy atom. The second-order valence-corrected chi connectivity index (χ2v) is 7.52. The highest BCUT2D eigenvalue weighted by Crippen LogP contribution is 2.34. The van der Waals surface area contributed by atoms with E-state index >= 15 is 0 Å². The van der Waals surface area contributed by atoms with E-state index in [2.05, 4.69) is 15.6 Å². The van der Waals surface area contributed by atoms with Crippen LogP contribution in [0.1, 0.15) is 18.1 Å². The van der Waals surface area contributed by atoms with Gasteiger partial charge in [-0.25, -0.2) is 4.98 Å². The summed E-state index contributed by atoms with van der Waals surface area (Å²) in [6.07, 6.45) is 1.73. The van der Waals surface area contributed by atoms with E-state index in [1.54, 1.807) is 12.3 Å². The number of benzene rings is 2. The molecule has 0 fully saturated rings. The Bertz CT molecular complexity index is 947. The van der Waals surface area contributed by atoms with Crippen molar-refractivity contribution in [2.75, 3.05) is 23.8 Å². The van der Waals surface area contributed by atoms with Gasteiger partial charge in [0.25, 0.3) is 5.91 Å². The molecule has 0 unspecified atom stereocenters. The molecule has 29 heavy (non-hydrogen) atoms. The molecule has 2 N–H and O–H groups in total. The summed E-state index contributed by atoms with van der Waals surface area (Å²) in [4.78, 5) is 16.4. The van der Waals surface area contributed by atoms with E-state index in [0.717, 1.165) is 21.9 Å². The van der Waals surface area contributed by atoms with E-state index in [0.29, 0.717) is 29.7 Å². The largest absolute Gasteiger partial charge is 0.490 e. The number of hydrogen-bond acceptors (Lipinski definition) is 6. The number of carbonyl (C=O) groups is 1. The van der Waals surface area contributed by atoms with Gasteiger partial charge in [-0.15, -0.1) is 11.3 Å². The van der Waals surface area contributed by atoms with Crippen molar-refractivity contribution >= 4 is 39.7 Å². The fourth-order valence-electron chi connectivity index (χ4n) is 2.55. The fourth-order valence-corrected chi connectivity index (χ4v) is 3.30. The first-order valence-corrected chi connectivity index (χ1v) is 10.4. The zero-order valence-corrected chi connectivity index (χ0v) is 17.8. The van der Waals surface area contributed by atoms with Crippen molar-refractivity contribution in [1.29, 1.82) is 0 Å². The number of nitrogens with one attached hydrogen (secondary N) is 2. The molecule has 1 amide bonds. The lowest BCUT2D eigenvalue weighted by atomic mass is 10.2. The molecule has 2 aromatic carbocycles. The Kier molecular flexibility index (Phi) is 7.32. The predicted octanol–water partition coefficient (Wildman–Crippen LogP) is 5.13. The molecule has 0 aliphatic heterocycles. The van der Waals surface area contributed by atoms with Crippen LogP contribution in [0, 0.1) is 6.92 Å². The summed E-state index contributed by atoms with van der Waals surface area (Å²) in [5.41, 5.74) is 2.69. The minimum atomic E-state index is -0.262. The summed E-state index contributed by atoms with van der Waals surface area (Å²) in [6.45, 7) is 4.69. The number of rotatable bonds is 9. The summed E-state index contributed by atoms with van der Waals surface area (Å²) in [6, 6.07) is 11.0. The topological polar surface area (TPSA) is 72.5 Å². The van der Waals surface area contributed by atoms with Gasteiger partial charge in [-0.3, -0.25) is 4.79 Å². The van der Waals surface area contributed by atoms with Crippen LogP contribution in [-0.2, 0) is 11.3 Å². The molecule has 0 saturated carbocycles. The number of halogens is 1. The van der Waals surface area contributed by atoms with E-state index in [9.17, 15) is 4.79 Å². The van der Waals surface area contributed by atoms with Crippen LogP contribution in [0.4, 0.5) is 10.8 Å². The number of thiazole rings is 1. The minimum absolute atomic E-state index is 0.152. The van der Waals surface area contributed by atoms with Crippen LogP contribution in [0.25, 0.3) is 0 Å². The summed E-state index contributed by atoms with van der Waals surface area (Å²) in [7, 11) is 0. The first kappa shape index (κ1) is 21.0. The molecule has 3 rings (SSSR count). The van der Waals surface area contributed by atoms with Crippen molar-refractivity contribution in [3.05, 3.63) is 64.1 Å². The van der Waals surface area contributed by atoms with Gasteiger partial charge in [-0.1, -0.05) is 29.3 Å². The predicted molar refractivity (Wildman–Crippen MR) is 117 cm³/mol. The van der Waals surface area contributed by atoms with Crippen LogP contribution >= 0.6 is 22.9 Å². The molecule has 1 aromatic heterocycles. The van der Waals surface area contributed by atoms with E-state index in [1.807, 2.05) is 49.6 Å². The van der Waals surface area contributed by atoms with E-state index in [-0.39, 0.29) is 12.5 Å². The molecule has 152 valence electrons. The molecular formula is C21H22ClN3O3S. The number of anilines is 2. The maximum atomic E-state index is 12.2. The molecule has 0 aliphatic rings. The molecular weight excluding hydrogens is 410 g/mol. The van der Waals surface area contributed by atoms with Crippen LogP contribution in [0.3, 0.4) is 0 Å². The molecule has 8 heteroatoms. The first-order chi connectivity index (χ1) is 14.0. The van der Waals surface area contributed by atoms with Crippen molar-refractivity contribution < 1.29 is 14.3 Å². The van der Waals surface area contributed by atoms with Crippen molar-refractivity contribution in [2.45, 2.75) is 20.4 Å². The maximum absolute atomic E-state index is 12.2. The number of aromatic nitrogens is 1. The van der Waals surface area contributed by atoms with Crippen molar-refractivity contribution in [2.24, 2.45) is 0 Å². The first-order valence-electron chi connectivity index (χ1n) is 9.13. The third-order valence-electron chi connectivity index (χ3n) is 3.97. The summed E-state index contributed by atoms with van der Waals surface area (Å²) in [5, 5.41) is 9.24. The third-order valence-corrected chi connectivity index (χ3v) is 5.05. The van der Waals surface area contributed by atoms with Crippen molar-refractivity contribution in [3.63, 3.8) is 0 Å². The molecule has 0 aliphatic carbocycles. The summed E-state index contributed by atoms with van der Waals surface area (Å²) in [5.74, 6) is 0.701. The van der Waals surface area contributed by atoms with Gasteiger partial charge in [0.15, 0.2) is 23.2 Å². The smallest absolute Gasteiger partial charge is 0.262 e. The van der Waals surface area contributed by atoms with E-state index < -0.39 is 0 Å². The van der Waals surface area contributed by atoms with Gasteiger partial charge >= 0.3 is 0 Å². The highest BCUT2D eigenvalue weighted by molar-refractivity contribution is 7.13. The van der Waals surface area contributed by atoms with Crippen LogP contribution in [0.15, 0.2) is 48.0 Å². The van der Waals surface area contributed by atoms with Gasteiger partial charge < -0.3 is 20.1 Å². The van der Waals surface area contributed by atoms with Crippen molar-refractivity contribution in [1.82, 2.24) is 4.98 Å². The number of hydrogen-bond donors (Lipinski definition) is 2. The molecule has 0 radical (unpaired) electrons. The van der Waals surface area contributed by atoms with Crippen LogP contribution < -0.4 is 20.1 Å². The van der Waals surface area contributed by atoms with E-state index in [4.69, 9.17) is 21.1 Å². The quantitative estimate of drug-likeness (QED) is 0.491. The lowest BCUT2D eigenvalue weighted by molar-refractivity contribution is -0.118. The Hall–Kier alpha value is -2.77. The Balaban J connectivity index is 1.64. The number of carbonyl (C=O) groups excluding carboxylic acids is 1. The number of nitrogens with zero attached hydrogens (tertiary/aromatic N) is 1. The standard InChI is InChI=1S/C21H22ClN3O3S/c1-3-27-18-10-15(12-24-21-23-8-9-29-21)17(22)11-19(18)28-13-20(26)25-16-6-4-14(2)5-7-16/h4-11H,3,12-13H2,1-2H3,(H,23,24)(H,25,26). The Morgan fingerprint density at radius 3 is 2.62 bits per heavy atom. The molecule has 0 bridgehead atoms. The fraction of sp³-hybridized carbons (Fsp3) is 0.238. The molecule has 6 nitrogen and oxygen atoms in total. The molecule has 0 atom stereocenters. The molecule has 3 aromatic rings. The zero-order valence-electron chi connectivity index (χ0n) is 16.2. The lowest BCUT2D eigenvalue weighted by Gasteiger charge is -2.15. The van der Waals surface area contributed by atoms with Crippen molar-refractivity contribution in [3.8, 4) is 11.5 Å². The average molecular weight is 432 g/mol. The highest BCUT2D eigenvalue weighted by atomic mass is 35.5. The third kappa shape index (κ3) is 6.10. The molecule has 1 heterocycles. The van der Waals surface area contributed by atoms with Gasteiger partial charge in [0.1, 0.15) is 0 Å². The van der Waals surface area contributed by atoms with Gasteiger partial charge in [-0.05, 0) is 37.6 Å². The average Bonchev–Trinajstić information content (AvgIpc) is 3.22. The van der Waals surface area contributed by atoms with Crippen LogP contribution in [-0.4, -0.2) is 24.1 Å². The Morgan fingerprint density at radius 1 is 1.17 bits per heavy atom. The van der Waals surface area contributed by atoms with Crippen LogP contribution in [0.5, 0.6) is 11.5 Å². The lowest BCUT2D eigenvalue weighted by Crippen LogP contribution is -2.20. The number of aryl methyl sites for hydroxylation is 1. The molecule has 0 saturated heterocycles. The second kappa shape index (κ2) is 10.1. The van der Waals surface area contributed by atoms with Gasteiger partial charge in [0, 0.05) is 34.9 Å². The number of amides is 1.